The first-order chi connectivity index (χ1) is 11.8. The number of nitrogens with zero attached hydrogens (tertiary/aromatic N) is 1. The molecule has 1 aliphatic rings. The third-order valence-corrected chi connectivity index (χ3v) is 4.56. The van der Waals surface area contributed by atoms with E-state index in [1.807, 2.05) is 30.3 Å². The lowest BCUT2D eigenvalue weighted by Crippen LogP contribution is -2.23. The number of hydrogen-bond acceptors (Lipinski definition) is 2. The summed E-state index contributed by atoms with van der Waals surface area (Å²) in [7, 11) is 0. The molecular formula is C20H19N3O. The molecule has 0 bridgehead atoms. The van der Waals surface area contributed by atoms with E-state index in [1.54, 1.807) is 6.20 Å². The molecule has 1 amide bonds. The molecule has 0 unspecified atom stereocenters. The van der Waals surface area contributed by atoms with Crippen LogP contribution in [0.3, 0.4) is 0 Å². The standard InChI is InChI=1S/C20H19N3O/c24-20(18-13-22-23-19(18)16-5-2-1-3-6-16)21-12-14-9-10-15-7-4-8-17(15)11-14/h1-3,5-6,9-11,13H,4,7-8,12H2,(H,21,24)(H,22,23). The maximum Gasteiger partial charge on any atom is 0.255 e. The summed E-state index contributed by atoms with van der Waals surface area (Å²) in [6.45, 7) is 0.533. The van der Waals surface area contributed by atoms with Crippen LogP contribution in [0.25, 0.3) is 11.3 Å². The van der Waals surface area contributed by atoms with Crippen LogP contribution in [0, 0.1) is 0 Å². The molecule has 0 fully saturated rings. The van der Waals surface area contributed by atoms with E-state index in [1.165, 1.54) is 24.0 Å². The Kier molecular flexibility index (Phi) is 3.87. The van der Waals surface area contributed by atoms with Gasteiger partial charge >= 0.3 is 0 Å². The van der Waals surface area contributed by atoms with Crippen LogP contribution in [0.1, 0.15) is 33.5 Å². The number of fused-ring (bicyclic) bond motifs is 1. The quantitative estimate of drug-likeness (QED) is 0.774. The lowest BCUT2D eigenvalue weighted by molar-refractivity contribution is 0.0951. The zero-order valence-electron chi connectivity index (χ0n) is 13.4. The normalized spacial score (nSPS) is 12.8. The van der Waals surface area contributed by atoms with Crippen LogP contribution >= 0.6 is 0 Å². The molecule has 2 N–H and O–H groups in total. The molecule has 4 nitrogen and oxygen atoms in total. The molecule has 0 aliphatic heterocycles. The first-order valence-corrected chi connectivity index (χ1v) is 8.29. The fourth-order valence-electron chi connectivity index (χ4n) is 3.30. The van der Waals surface area contributed by atoms with Gasteiger partial charge in [0.25, 0.3) is 5.91 Å². The molecular weight excluding hydrogens is 298 g/mol. The Morgan fingerprint density at radius 2 is 1.92 bits per heavy atom. The Hall–Kier alpha value is -2.88. The summed E-state index contributed by atoms with van der Waals surface area (Å²) in [5.74, 6) is -0.108. The predicted molar refractivity (Wildman–Crippen MR) is 93.7 cm³/mol. The van der Waals surface area contributed by atoms with Gasteiger partial charge in [-0.25, -0.2) is 0 Å². The number of carbonyl (C=O) groups is 1. The molecule has 4 heteroatoms. The smallest absolute Gasteiger partial charge is 0.255 e. The summed E-state index contributed by atoms with van der Waals surface area (Å²) in [4.78, 5) is 12.5. The lowest BCUT2D eigenvalue weighted by atomic mass is 10.1. The number of amides is 1. The van der Waals surface area contributed by atoms with Gasteiger partial charge in [-0.05, 0) is 36.0 Å². The molecule has 120 valence electrons. The molecule has 3 aromatic rings. The second-order valence-electron chi connectivity index (χ2n) is 6.16. The van der Waals surface area contributed by atoms with Crippen LogP contribution in [0.15, 0.2) is 54.7 Å². The van der Waals surface area contributed by atoms with Gasteiger partial charge in [0.1, 0.15) is 0 Å². The van der Waals surface area contributed by atoms with Gasteiger partial charge < -0.3 is 5.32 Å². The highest BCUT2D eigenvalue weighted by Gasteiger charge is 2.15. The third-order valence-electron chi connectivity index (χ3n) is 4.56. The van der Waals surface area contributed by atoms with E-state index in [-0.39, 0.29) is 5.91 Å². The molecule has 0 radical (unpaired) electrons. The SMILES string of the molecule is O=C(NCc1ccc2c(c1)CCC2)c1cn[nH]c1-c1ccccc1. The average Bonchev–Trinajstić information content (AvgIpc) is 3.29. The van der Waals surface area contributed by atoms with Crippen LogP contribution < -0.4 is 5.32 Å². The number of carbonyl (C=O) groups excluding carboxylic acids is 1. The number of rotatable bonds is 4. The van der Waals surface area contributed by atoms with Crippen LogP contribution in [0.2, 0.25) is 0 Å². The van der Waals surface area contributed by atoms with Crippen LogP contribution in [0.4, 0.5) is 0 Å². The molecule has 0 saturated carbocycles. The number of H-pyrrole nitrogens is 1. The Labute approximate surface area is 140 Å². The Balaban J connectivity index is 1.49. The van der Waals surface area contributed by atoms with E-state index in [9.17, 15) is 4.79 Å². The van der Waals surface area contributed by atoms with E-state index in [0.717, 1.165) is 23.2 Å². The van der Waals surface area contributed by atoms with E-state index < -0.39 is 0 Å². The minimum absolute atomic E-state index is 0.108. The topological polar surface area (TPSA) is 57.8 Å². The summed E-state index contributed by atoms with van der Waals surface area (Å²) < 4.78 is 0. The van der Waals surface area contributed by atoms with Crippen molar-refractivity contribution in [3.8, 4) is 11.3 Å². The van der Waals surface area contributed by atoms with E-state index in [0.29, 0.717) is 12.1 Å². The Morgan fingerprint density at radius 3 is 2.79 bits per heavy atom. The van der Waals surface area contributed by atoms with Gasteiger partial charge in [0, 0.05) is 12.1 Å². The van der Waals surface area contributed by atoms with Crippen molar-refractivity contribution in [1.82, 2.24) is 15.5 Å². The van der Waals surface area contributed by atoms with E-state index in [2.05, 4.69) is 33.7 Å². The summed E-state index contributed by atoms with van der Waals surface area (Å²) in [5.41, 5.74) is 6.30. The highest BCUT2D eigenvalue weighted by atomic mass is 16.1. The number of nitrogens with one attached hydrogen (secondary N) is 2. The Morgan fingerprint density at radius 1 is 1.08 bits per heavy atom. The second kappa shape index (κ2) is 6.32. The van der Waals surface area contributed by atoms with Crippen LogP contribution in [0.5, 0.6) is 0 Å². The third kappa shape index (κ3) is 2.83. The number of aryl methyl sites for hydroxylation is 2. The highest BCUT2D eigenvalue weighted by molar-refractivity contribution is 5.99. The van der Waals surface area contributed by atoms with E-state index >= 15 is 0 Å². The van der Waals surface area contributed by atoms with Gasteiger partial charge in [-0.1, -0.05) is 48.5 Å². The molecule has 4 rings (SSSR count). The van der Waals surface area contributed by atoms with Crippen molar-refractivity contribution in [1.29, 1.82) is 0 Å². The van der Waals surface area contributed by atoms with Crippen molar-refractivity contribution < 1.29 is 4.79 Å². The summed E-state index contributed by atoms with van der Waals surface area (Å²) >= 11 is 0. The zero-order chi connectivity index (χ0) is 16.4. The largest absolute Gasteiger partial charge is 0.348 e. The molecule has 1 heterocycles. The van der Waals surface area contributed by atoms with Gasteiger partial charge in [-0.2, -0.15) is 5.10 Å². The van der Waals surface area contributed by atoms with Crippen molar-refractivity contribution in [2.75, 3.05) is 0 Å². The minimum atomic E-state index is -0.108. The molecule has 0 saturated heterocycles. The molecule has 0 spiro atoms. The van der Waals surface area contributed by atoms with Crippen molar-refractivity contribution >= 4 is 5.91 Å². The fraction of sp³-hybridized carbons (Fsp3) is 0.200. The maximum absolute atomic E-state index is 12.5. The molecule has 0 atom stereocenters. The minimum Gasteiger partial charge on any atom is -0.348 e. The molecule has 24 heavy (non-hydrogen) atoms. The van der Waals surface area contributed by atoms with Gasteiger partial charge in [0.2, 0.25) is 0 Å². The number of hydrogen-bond donors (Lipinski definition) is 2. The van der Waals surface area contributed by atoms with E-state index in [4.69, 9.17) is 0 Å². The molecule has 1 aromatic heterocycles. The zero-order valence-corrected chi connectivity index (χ0v) is 13.4. The second-order valence-corrected chi connectivity index (χ2v) is 6.16. The summed E-state index contributed by atoms with van der Waals surface area (Å²) in [5, 5.41) is 9.96. The number of aromatic nitrogens is 2. The van der Waals surface area contributed by atoms with Gasteiger partial charge in [-0.3, -0.25) is 9.89 Å². The summed E-state index contributed by atoms with van der Waals surface area (Å²) in [6.07, 6.45) is 5.15. The molecule has 1 aliphatic carbocycles. The average molecular weight is 317 g/mol. The van der Waals surface area contributed by atoms with Gasteiger partial charge in [0.15, 0.2) is 0 Å². The predicted octanol–water partition coefficient (Wildman–Crippen LogP) is 3.50. The van der Waals surface area contributed by atoms with Crippen molar-refractivity contribution in [2.45, 2.75) is 25.8 Å². The van der Waals surface area contributed by atoms with Gasteiger partial charge in [0.05, 0.1) is 17.5 Å². The summed E-state index contributed by atoms with van der Waals surface area (Å²) in [6, 6.07) is 16.3. The monoisotopic (exact) mass is 317 g/mol. The lowest BCUT2D eigenvalue weighted by Gasteiger charge is -2.08. The maximum atomic E-state index is 12.5. The van der Waals surface area contributed by atoms with Crippen LogP contribution in [-0.4, -0.2) is 16.1 Å². The first kappa shape index (κ1) is 14.7. The number of aromatic amines is 1. The highest BCUT2D eigenvalue weighted by Crippen LogP contribution is 2.23. The van der Waals surface area contributed by atoms with Crippen molar-refractivity contribution in [3.63, 3.8) is 0 Å². The molecule has 2 aromatic carbocycles. The van der Waals surface area contributed by atoms with Gasteiger partial charge in [-0.15, -0.1) is 0 Å². The van der Waals surface area contributed by atoms with Crippen molar-refractivity contribution in [3.05, 3.63) is 77.0 Å². The van der Waals surface area contributed by atoms with Crippen LogP contribution in [-0.2, 0) is 19.4 Å². The van der Waals surface area contributed by atoms with Crippen molar-refractivity contribution in [2.24, 2.45) is 0 Å². The fourth-order valence-corrected chi connectivity index (χ4v) is 3.30. The Bertz CT molecular complexity index is 868. The first-order valence-electron chi connectivity index (χ1n) is 8.29. The number of benzene rings is 2.